The van der Waals surface area contributed by atoms with Crippen LogP contribution in [0.1, 0.15) is 0 Å². The molecule has 0 atom stereocenters. The van der Waals surface area contributed by atoms with Gasteiger partial charge in [0.2, 0.25) is 13.2 Å². The average Bonchev–Trinajstić information content (AvgIpc) is 3.18. The maximum absolute atomic E-state index is 13.9. The minimum atomic E-state index is -3.17. The lowest BCUT2D eigenvalue weighted by Gasteiger charge is -2.19. The van der Waals surface area contributed by atoms with Crippen LogP contribution in [0.25, 0.3) is 11.5 Å². The van der Waals surface area contributed by atoms with Crippen molar-refractivity contribution >= 4 is 23.9 Å². The summed E-state index contributed by atoms with van der Waals surface area (Å²) in [5.41, 5.74) is 0.808. The Morgan fingerprint density at radius 2 is 1.19 bits per heavy atom. The molecule has 4 aromatic rings. The van der Waals surface area contributed by atoms with Crippen molar-refractivity contribution in [3.8, 4) is 11.5 Å². The molecular formula is C20H16N3O2P. The SMILES string of the molecule is O=P(Nc1nnc(-c2ccccc2)o1)(c1ccccc1)c1ccccc1. The zero-order chi connectivity index (χ0) is 17.8. The molecule has 26 heavy (non-hydrogen) atoms. The summed E-state index contributed by atoms with van der Waals surface area (Å²) < 4.78 is 19.6. The van der Waals surface area contributed by atoms with Gasteiger partial charge in [0.15, 0.2) is 0 Å². The van der Waals surface area contributed by atoms with Gasteiger partial charge in [-0.05, 0) is 36.4 Å². The highest BCUT2D eigenvalue weighted by Crippen LogP contribution is 2.43. The molecule has 0 aliphatic carbocycles. The van der Waals surface area contributed by atoms with Gasteiger partial charge >= 0.3 is 6.01 Å². The summed E-state index contributed by atoms with van der Waals surface area (Å²) in [5.74, 6) is 0.376. The quantitative estimate of drug-likeness (QED) is 0.543. The molecule has 0 radical (unpaired) electrons. The van der Waals surface area contributed by atoms with Gasteiger partial charge in [-0.1, -0.05) is 59.7 Å². The van der Waals surface area contributed by atoms with E-state index < -0.39 is 7.29 Å². The Hall–Kier alpha value is -3.17. The maximum Gasteiger partial charge on any atom is 0.321 e. The Kier molecular flexibility index (Phi) is 4.38. The maximum atomic E-state index is 13.9. The predicted octanol–water partition coefficient (Wildman–Crippen LogP) is 4.08. The predicted molar refractivity (Wildman–Crippen MR) is 103 cm³/mol. The van der Waals surface area contributed by atoms with Gasteiger partial charge in [-0.3, -0.25) is 9.65 Å². The van der Waals surface area contributed by atoms with Crippen LogP contribution in [0.5, 0.6) is 0 Å². The van der Waals surface area contributed by atoms with E-state index >= 15 is 0 Å². The topological polar surface area (TPSA) is 68.0 Å². The van der Waals surface area contributed by atoms with Crippen LogP contribution in [0.3, 0.4) is 0 Å². The number of benzene rings is 3. The molecule has 0 unspecified atom stereocenters. The normalized spacial score (nSPS) is 11.2. The molecule has 1 N–H and O–H groups in total. The highest BCUT2D eigenvalue weighted by molar-refractivity contribution is 7.79. The molecule has 0 saturated carbocycles. The molecule has 0 spiro atoms. The minimum absolute atomic E-state index is 0.125. The van der Waals surface area contributed by atoms with E-state index in [2.05, 4.69) is 15.3 Å². The molecule has 0 aliphatic heterocycles. The number of aromatic nitrogens is 2. The van der Waals surface area contributed by atoms with Crippen molar-refractivity contribution in [3.05, 3.63) is 91.0 Å². The lowest BCUT2D eigenvalue weighted by atomic mass is 10.2. The summed E-state index contributed by atoms with van der Waals surface area (Å²) in [7, 11) is -3.17. The molecule has 0 fully saturated rings. The standard InChI is InChI=1S/C20H16N3O2P/c24-26(17-12-6-2-7-13-17,18-14-8-3-9-15-18)23-20-22-21-19(25-20)16-10-4-1-5-11-16/h1-15H,(H,22,23,24). The molecule has 0 amide bonds. The van der Waals surface area contributed by atoms with Crippen molar-refractivity contribution in [3.63, 3.8) is 0 Å². The second kappa shape index (κ2) is 6.98. The van der Waals surface area contributed by atoms with E-state index in [1.54, 1.807) is 0 Å². The second-order valence-corrected chi connectivity index (χ2v) is 8.15. The Bertz CT molecular complexity index is 991. The molecule has 1 aromatic heterocycles. The van der Waals surface area contributed by atoms with Gasteiger partial charge in [-0.2, -0.15) is 0 Å². The largest absolute Gasteiger partial charge is 0.403 e. The first-order valence-corrected chi connectivity index (χ1v) is 9.85. The van der Waals surface area contributed by atoms with Gasteiger partial charge in [0, 0.05) is 16.2 Å². The summed E-state index contributed by atoms with van der Waals surface area (Å²) in [6, 6.07) is 28.1. The summed E-state index contributed by atoms with van der Waals surface area (Å²) in [6.45, 7) is 0. The fraction of sp³-hybridized carbons (Fsp3) is 0. The zero-order valence-corrected chi connectivity index (χ0v) is 14.7. The third-order valence-corrected chi connectivity index (χ3v) is 6.50. The van der Waals surface area contributed by atoms with E-state index in [4.69, 9.17) is 4.42 Å². The van der Waals surface area contributed by atoms with Crippen LogP contribution in [-0.2, 0) is 4.57 Å². The Balaban J connectivity index is 1.73. The number of hydrogen-bond donors (Lipinski definition) is 1. The number of rotatable bonds is 5. The summed E-state index contributed by atoms with van der Waals surface area (Å²) in [4.78, 5) is 0. The van der Waals surface area contributed by atoms with Gasteiger partial charge in [0.25, 0.3) is 0 Å². The van der Waals surface area contributed by atoms with Crippen LogP contribution < -0.4 is 15.7 Å². The molecule has 4 rings (SSSR count). The van der Waals surface area contributed by atoms with Crippen LogP contribution in [0, 0.1) is 0 Å². The molecule has 0 aliphatic rings. The fourth-order valence-corrected chi connectivity index (χ4v) is 4.75. The van der Waals surface area contributed by atoms with Crippen molar-refractivity contribution in [2.24, 2.45) is 0 Å². The van der Waals surface area contributed by atoms with Gasteiger partial charge in [0.05, 0.1) is 0 Å². The summed E-state index contributed by atoms with van der Waals surface area (Å²) >= 11 is 0. The van der Waals surface area contributed by atoms with Gasteiger partial charge in [-0.25, -0.2) is 0 Å². The molecule has 0 bridgehead atoms. The molecule has 0 saturated heterocycles. The lowest BCUT2D eigenvalue weighted by molar-refractivity contribution is 0.576. The van der Waals surface area contributed by atoms with Gasteiger partial charge in [0.1, 0.15) is 0 Å². The first-order chi connectivity index (χ1) is 12.8. The third-order valence-electron chi connectivity index (χ3n) is 3.94. The molecule has 6 heteroatoms. The van der Waals surface area contributed by atoms with Crippen molar-refractivity contribution in [2.75, 3.05) is 5.09 Å². The first kappa shape index (κ1) is 16.3. The van der Waals surface area contributed by atoms with E-state index in [1.807, 2.05) is 91.0 Å². The van der Waals surface area contributed by atoms with Crippen molar-refractivity contribution in [1.29, 1.82) is 0 Å². The number of nitrogens with one attached hydrogen (secondary N) is 1. The van der Waals surface area contributed by atoms with Crippen molar-refractivity contribution in [1.82, 2.24) is 10.2 Å². The van der Waals surface area contributed by atoms with Crippen LogP contribution in [0.4, 0.5) is 6.01 Å². The minimum Gasteiger partial charge on any atom is -0.403 e. The number of hydrogen-bond acceptors (Lipinski definition) is 4. The Morgan fingerprint density at radius 1 is 0.692 bits per heavy atom. The van der Waals surface area contributed by atoms with Gasteiger partial charge in [-0.15, -0.1) is 5.10 Å². The van der Waals surface area contributed by atoms with E-state index in [1.165, 1.54) is 0 Å². The number of anilines is 1. The molecule has 3 aromatic carbocycles. The second-order valence-electron chi connectivity index (χ2n) is 5.67. The first-order valence-electron chi connectivity index (χ1n) is 8.14. The average molecular weight is 361 g/mol. The van der Waals surface area contributed by atoms with E-state index in [-0.39, 0.29) is 6.01 Å². The van der Waals surface area contributed by atoms with Gasteiger partial charge < -0.3 is 4.42 Å². The van der Waals surface area contributed by atoms with Crippen LogP contribution in [0.2, 0.25) is 0 Å². The molecule has 128 valence electrons. The highest BCUT2D eigenvalue weighted by Gasteiger charge is 2.29. The van der Waals surface area contributed by atoms with E-state index in [0.29, 0.717) is 16.5 Å². The third kappa shape index (κ3) is 3.17. The smallest absolute Gasteiger partial charge is 0.321 e. The Labute approximate surface area is 151 Å². The molecular weight excluding hydrogens is 345 g/mol. The molecule has 5 nitrogen and oxygen atoms in total. The van der Waals surface area contributed by atoms with E-state index in [0.717, 1.165) is 5.56 Å². The summed E-state index contributed by atoms with van der Waals surface area (Å²) in [5, 5.41) is 12.4. The van der Waals surface area contributed by atoms with Crippen LogP contribution in [-0.4, -0.2) is 10.2 Å². The monoisotopic (exact) mass is 361 g/mol. The zero-order valence-electron chi connectivity index (χ0n) is 13.8. The van der Waals surface area contributed by atoms with Crippen LogP contribution in [0.15, 0.2) is 95.4 Å². The highest BCUT2D eigenvalue weighted by atomic mass is 31.2. The van der Waals surface area contributed by atoms with E-state index in [9.17, 15) is 4.57 Å². The summed E-state index contributed by atoms with van der Waals surface area (Å²) in [6.07, 6.45) is 0. The molecule has 1 heterocycles. The van der Waals surface area contributed by atoms with Crippen molar-refractivity contribution in [2.45, 2.75) is 0 Å². The Morgan fingerprint density at radius 3 is 1.73 bits per heavy atom. The van der Waals surface area contributed by atoms with Crippen molar-refractivity contribution < 1.29 is 8.98 Å². The van der Waals surface area contributed by atoms with Crippen LogP contribution >= 0.6 is 7.29 Å². The number of nitrogens with zero attached hydrogens (tertiary/aromatic N) is 2. The fourth-order valence-electron chi connectivity index (χ4n) is 2.65. The lowest BCUT2D eigenvalue weighted by Crippen LogP contribution is -2.21.